The Bertz CT molecular complexity index is 987. The maximum atomic E-state index is 12.9. The summed E-state index contributed by atoms with van der Waals surface area (Å²) in [6.45, 7) is 2.75. The summed E-state index contributed by atoms with van der Waals surface area (Å²) in [6, 6.07) is 11.1. The van der Waals surface area contributed by atoms with E-state index in [1.807, 2.05) is 31.2 Å². The van der Waals surface area contributed by atoms with Crippen LogP contribution >= 0.6 is 0 Å². The van der Waals surface area contributed by atoms with Gasteiger partial charge in [-0.3, -0.25) is 10.1 Å². The Kier molecular flexibility index (Phi) is 6.39. The number of rotatable bonds is 7. The van der Waals surface area contributed by atoms with Gasteiger partial charge >= 0.3 is 0 Å². The molecule has 1 saturated heterocycles. The second-order valence-corrected chi connectivity index (χ2v) is 8.95. The van der Waals surface area contributed by atoms with E-state index in [-0.39, 0.29) is 22.3 Å². The summed E-state index contributed by atoms with van der Waals surface area (Å²) in [5, 5.41) is 14.8. The van der Waals surface area contributed by atoms with Gasteiger partial charge in [0.25, 0.3) is 5.69 Å². The Balaban J connectivity index is 1.91. The molecule has 0 aliphatic carbocycles. The Labute approximate surface area is 170 Å². The molecule has 2 aromatic rings. The average Bonchev–Trinajstić information content (AvgIpc) is 2.74. The molecule has 1 atom stereocenters. The van der Waals surface area contributed by atoms with Crippen molar-refractivity contribution >= 4 is 21.4 Å². The van der Waals surface area contributed by atoms with E-state index in [0.717, 1.165) is 30.9 Å². The Hall–Kier alpha value is -2.65. The third-order valence-electron chi connectivity index (χ3n) is 5.10. The standard InChI is InChI=1S/C20H25N3O5S/c1-15(17-8-4-5-9-20(17)28-2)21-18-11-10-16(14-19(18)23(24)25)29(26,27)22-12-6-3-7-13-22/h4-5,8-11,14-15,21H,3,6-7,12-13H2,1-2H3. The quantitative estimate of drug-likeness (QED) is 0.538. The van der Waals surface area contributed by atoms with Crippen LogP contribution in [0.5, 0.6) is 5.75 Å². The van der Waals surface area contributed by atoms with Crippen LogP contribution in [-0.2, 0) is 10.0 Å². The number of nitrogens with zero attached hydrogens (tertiary/aromatic N) is 2. The van der Waals surface area contributed by atoms with E-state index in [0.29, 0.717) is 18.8 Å². The number of anilines is 1. The summed E-state index contributed by atoms with van der Waals surface area (Å²) in [4.78, 5) is 11.0. The minimum Gasteiger partial charge on any atom is -0.496 e. The highest BCUT2D eigenvalue weighted by molar-refractivity contribution is 7.89. The summed E-state index contributed by atoms with van der Waals surface area (Å²) >= 11 is 0. The molecule has 0 bridgehead atoms. The van der Waals surface area contributed by atoms with Crippen molar-refractivity contribution in [2.45, 2.75) is 37.1 Å². The number of methoxy groups -OCH3 is 1. The van der Waals surface area contributed by atoms with Crippen LogP contribution in [0.25, 0.3) is 0 Å². The van der Waals surface area contributed by atoms with Crippen molar-refractivity contribution in [2.75, 3.05) is 25.5 Å². The highest BCUT2D eigenvalue weighted by Gasteiger charge is 2.29. The molecule has 29 heavy (non-hydrogen) atoms. The first-order chi connectivity index (χ1) is 13.8. The highest BCUT2D eigenvalue weighted by atomic mass is 32.2. The van der Waals surface area contributed by atoms with Crippen LogP contribution in [0.15, 0.2) is 47.4 Å². The number of nitrogens with one attached hydrogen (secondary N) is 1. The maximum absolute atomic E-state index is 12.9. The molecule has 156 valence electrons. The lowest BCUT2D eigenvalue weighted by molar-refractivity contribution is -0.384. The lowest BCUT2D eigenvalue weighted by Crippen LogP contribution is -2.35. The van der Waals surface area contributed by atoms with E-state index < -0.39 is 14.9 Å². The van der Waals surface area contributed by atoms with Gasteiger partial charge in [0.2, 0.25) is 10.0 Å². The minimum absolute atomic E-state index is 0.0541. The van der Waals surface area contributed by atoms with Gasteiger partial charge in [-0.2, -0.15) is 4.31 Å². The van der Waals surface area contributed by atoms with Crippen molar-refractivity contribution in [3.63, 3.8) is 0 Å². The number of sulfonamides is 1. The van der Waals surface area contributed by atoms with Gasteiger partial charge in [0.05, 0.1) is 23.0 Å². The molecule has 0 spiro atoms. The minimum atomic E-state index is -3.75. The fourth-order valence-corrected chi connectivity index (χ4v) is 5.07. The molecule has 1 aliphatic heterocycles. The third-order valence-corrected chi connectivity index (χ3v) is 6.99. The molecule has 0 radical (unpaired) electrons. The van der Waals surface area contributed by atoms with Gasteiger partial charge in [-0.15, -0.1) is 0 Å². The van der Waals surface area contributed by atoms with Gasteiger partial charge < -0.3 is 10.1 Å². The zero-order chi connectivity index (χ0) is 21.0. The molecule has 9 heteroatoms. The van der Waals surface area contributed by atoms with Crippen molar-refractivity contribution in [3.8, 4) is 5.75 Å². The molecule has 3 rings (SSSR count). The van der Waals surface area contributed by atoms with E-state index in [1.54, 1.807) is 7.11 Å². The van der Waals surface area contributed by atoms with Crippen LogP contribution in [-0.4, -0.2) is 37.8 Å². The van der Waals surface area contributed by atoms with Crippen LogP contribution in [0.1, 0.15) is 37.8 Å². The topological polar surface area (TPSA) is 102 Å². The summed E-state index contributed by atoms with van der Waals surface area (Å²) in [7, 11) is -2.18. The first kappa shape index (κ1) is 21.1. The molecule has 1 fully saturated rings. The monoisotopic (exact) mass is 419 g/mol. The van der Waals surface area contributed by atoms with Gasteiger partial charge in [-0.1, -0.05) is 24.6 Å². The Morgan fingerprint density at radius 3 is 2.48 bits per heavy atom. The molecule has 0 aromatic heterocycles. The van der Waals surface area contributed by atoms with E-state index in [2.05, 4.69) is 5.32 Å². The van der Waals surface area contributed by atoms with Crippen molar-refractivity contribution in [1.29, 1.82) is 0 Å². The summed E-state index contributed by atoms with van der Waals surface area (Å²) in [5.41, 5.74) is 0.824. The number of nitro benzene ring substituents is 1. The van der Waals surface area contributed by atoms with Gasteiger partial charge in [-0.25, -0.2) is 8.42 Å². The summed E-state index contributed by atoms with van der Waals surface area (Å²) in [5.74, 6) is 0.666. The smallest absolute Gasteiger partial charge is 0.293 e. The second kappa shape index (κ2) is 8.79. The number of benzene rings is 2. The number of ether oxygens (including phenoxy) is 1. The van der Waals surface area contributed by atoms with Crippen LogP contribution in [0.3, 0.4) is 0 Å². The van der Waals surface area contributed by atoms with E-state index in [4.69, 9.17) is 4.74 Å². The summed E-state index contributed by atoms with van der Waals surface area (Å²) in [6.07, 6.45) is 2.60. The number of hydrogen-bond donors (Lipinski definition) is 1. The second-order valence-electron chi connectivity index (χ2n) is 7.01. The lowest BCUT2D eigenvalue weighted by Gasteiger charge is -2.26. The molecular weight excluding hydrogens is 394 g/mol. The van der Waals surface area contributed by atoms with Gasteiger partial charge in [-0.05, 0) is 38.0 Å². The SMILES string of the molecule is COc1ccccc1C(C)Nc1ccc(S(=O)(=O)N2CCCCC2)cc1[N+](=O)[O-]. The average molecular weight is 420 g/mol. The van der Waals surface area contributed by atoms with Gasteiger partial charge in [0.15, 0.2) is 0 Å². The predicted octanol–water partition coefficient (Wildman–Crippen LogP) is 3.95. The first-order valence-electron chi connectivity index (χ1n) is 9.52. The van der Waals surface area contributed by atoms with Gasteiger partial charge in [0.1, 0.15) is 11.4 Å². The fraction of sp³-hybridized carbons (Fsp3) is 0.400. The number of nitro groups is 1. The van der Waals surface area contributed by atoms with Crippen molar-refractivity contribution in [2.24, 2.45) is 0 Å². The van der Waals surface area contributed by atoms with E-state index in [9.17, 15) is 18.5 Å². The van der Waals surface area contributed by atoms with E-state index >= 15 is 0 Å². The zero-order valence-corrected chi connectivity index (χ0v) is 17.3. The molecule has 1 heterocycles. The Morgan fingerprint density at radius 1 is 1.14 bits per heavy atom. The highest BCUT2D eigenvalue weighted by Crippen LogP contribution is 2.34. The Morgan fingerprint density at radius 2 is 1.83 bits per heavy atom. The van der Waals surface area contributed by atoms with E-state index in [1.165, 1.54) is 16.4 Å². The molecule has 1 aliphatic rings. The van der Waals surface area contributed by atoms with Crippen molar-refractivity contribution in [3.05, 3.63) is 58.1 Å². The van der Waals surface area contributed by atoms with Crippen molar-refractivity contribution in [1.82, 2.24) is 4.31 Å². The maximum Gasteiger partial charge on any atom is 0.293 e. The fourth-order valence-electron chi connectivity index (χ4n) is 3.53. The molecule has 1 unspecified atom stereocenters. The van der Waals surface area contributed by atoms with Crippen molar-refractivity contribution < 1.29 is 18.1 Å². The molecule has 1 N–H and O–H groups in total. The molecular formula is C20H25N3O5S. The molecule has 0 amide bonds. The van der Waals surface area contributed by atoms with Crippen LogP contribution in [0, 0.1) is 10.1 Å². The van der Waals surface area contributed by atoms with Crippen LogP contribution < -0.4 is 10.1 Å². The lowest BCUT2D eigenvalue weighted by atomic mass is 10.1. The normalized spacial score (nSPS) is 16.2. The third kappa shape index (κ3) is 4.51. The summed E-state index contributed by atoms with van der Waals surface area (Å²) < 4.78 is 32.5. The first-order valence-corrected chi connectivity index (χ1v) is 11.0. The molecule has 0 saturated carbocycles. The van der Waals surface area contributed by atoms with Crippen LogP contribution in [0.2, 0.25) is 0 Å². The number of para-hydroxylation sites is 1. The number of piperidine rings is 1. The largest absolute Gasteiger partial charge is 0.496 e. The molecule has 2 aromatic carbocycles. The van der Waals surface area contributed by atoms with Gasteiger partial charge in [0, 0.05) is 24.7 Å². The molecule has 8 nitrogen and oxygen atoms in total. The number of hydrogen-bond acceptors (Lipinski definition) is 6. The predicted molar refractivity (Wildman–Crippen MR) is 111 cm³/mol. The zero-order valence-electron chi connectivity index (χ0n) is 16.5. The van der Waals surface area contributed by atoms with Crippen LogP contribution in [0.4, 0.5) is 11.4 Å².